The van der Waals surface area contributed by atoms with E-state index >= 15 is 0 Å². The van der Waals surface area contributed by atoms with Crippen LogP contribution in [-0.2, 0) is 4.79 Å². The minimum absolute atomic E-state index is 0.108. The highest BCUT2D eigenvalue weighted by Crippen LogP contribution is 2.32. The number of aryl methyl sites for hydroxylation is 2. The van der Waals surface area contributed by atoms with E-state index in [-0.39, 0.29) is 17.3 Å². The zero-order chi connectivity index (χ0) is 21.7. The molecule has 3 aromatic rings. The van der Waals surface area contributed by atoms with Crippen LogP contribution in [0.15, 0.2) is 58.0 Å². The first-order chi connectivity index (χ1) is 14.3. The number of amides is 1. The fourth-order valence-electron chi connectivity index (χ4n) is 2.69. The van der Waals surface area contributed by atoms with Crippen molar-refractivity contribution in [1.29, 1.82) is 0 Å². The first kappa shape index (κ1) is 21.1. The number of benzene rings is 2. The van der Waals surface area contributed by atoms with E-state index in [1.807, 2.05) is 32.0 Å². The van der Waals surface area contributed by atoms with Gasteiger partial charge in [0.25, 0.3) is 11.6 Å². The number of nitrogens with one attached hydrogen (secondary N) is 1. The number of non-ortho nitro benzene ring substituents is 1. The molecule has 0 fully saturated rings. The summed E-state index contributed by atoms with van der Waals surface area (Å²) in [4.78, 5) is 22.2. The maximum Gasteiger partial charge on any atom is 0.277 e. The minimum atomic E-state index is -0.525. The molecule has 0 aliphatic carbocycles. The molecule has 0 radical (unpaired) electrons. The molecule has 0 aliphatic heterocycles. The average Bonchev–Trinajstić information content (AvgIpc) is 3.15. The van der Waals surface area contributed by atoms with Gasteiger partial charge in [0, 0.05) is 17.7 Å². The number of hydrogen-bond donors (Lipinski definition) is 1. The summed E-state index contributed by atoms with van der Waals surface area (Å²) in [5, 5.41) is 14.8. The highest BCUT2D eigenvalue weighted by Gasteiger charge is 2.13. The molecule has 30 heavy (non-hydrogen) atoms. The average molecular weight is 428 g/mol. The first-order valence-electron chi connectivity index (χ1n) is 8.89. The van der Waals surface area contributed by atoms with E-state index in [1.165, 1.54) is 24.4 Å². The van der Waals surface area contributed by atoms with Crippen LogP contribution in [0.2, 0.25) is 5.02 Å². The van der Waals surface area contributed by atoms with Crippen molar-refractivity contribution in [2.45, 2.75) is 13.8 Å². The lowest BCUT2D eigenvalue weighted by molar-refractivity contribution is -0.384. The summed E-state index contributed by atoms with van der Waals surface area (Å²) in [5.41, 5.74) is 4.81. The van der Waals surface area contributed by atoms with Gasteiger partial charge in [-0.25, -0.2) is 5.43 Å². The summed E-state index contributed by atoms with van der Waals surface area (Å²) in [6, 6.07) is 13.1. The van der Waals surface area contributed by atoms with Crippen LogP contribution in [0.25, 0.3) is 11.3 Å². The second-order valence-electron chi connectivity index (χ2n) is 6.47. The van der Waals surface area contributed by atoms with Gasteiger partial charge in [-0.3, -0.25) is 14.9 Å². The van der Waals surface area contributed by atoms with Crippen LogP contribution < -0.4 is 10.2 Å². The molecule has 0 bridgehead atoms. The number of nitrogens with zero attached hydrogens (tertiary/aromatic N) is 2. The van der Waals surface area contributed by atoms with Gasteiger partial charge in [-0.2, -0.15) is 5.10 Å². The van der Waals surface area contributed by atoms with Gasteiger partial charge >= 0.3 is 0 Å². The fourth-order valence-corrected chi connectivity index (χ4v) is 2.96. The standard InChI is InChI=1S/C21H18ClN3O5/c1-13-3-7-19(14(2)9-13)29-12-21(26)24-23-11-16-5-8-20(30-16)17-6-4-15(25(27)28)10-18(17)22/h3-11H,12H2,1-2H3,(H,24,26). The van der Waals surface area contributed by atoms with Gasteiger partial charge in [0.2, 0.25) is 0 Å². The highest BCUT2D eigenvalue weighted by atomic mass is 35.5. The molecule has 0 aliphatic rings. The molecule has 0 spiro atoms. The van der Waals surface area contributed by atoms with E-state index in [9.17, 15) is 14.9 Å². The summed E-state index contributed by atoms with van der Waals surface area (Å²) in [7, 11) is 0. The third kappa shape index (κ3) is 5.24. The van der Waals surface area contributed by atoms with E-state index in [1.54, 1.807) is 12.1 Å². The van der Waals surface area contributed by atoms with Gasteiger partial charge in [0.15, 0.2) is 6.61 Å². The van der Waals surface area contributed by atoms with Crippen molar-refractivity contribution in [3.63, 3.8) is 0 Å². The Bertz CT molecular complexity index is 1120. The van der Waals surface area contributed by atoms with E-state index in [2.05, 4.69) is 10.5 Å². The van der Waals surface area contributed by atoms with Crippen molar-refractivity contribution in [3.05, 3.63) is 80.6 Å². The van der Waals surface area contributed by atoms with Crippen molar-refractivity contribution >= 4 is 29.4 Å². The van der Waals surface area contributed by atoms with Gasteiger partial charge in [0.05, 0.1) is 16.2 Å². The second-order valence-corrected chi connectivity index (χ2v) is 6.88. The third-order valence-corrected chi connectivity index (χ3v) is 4.44. The lowest BCUT2D eigenvalue weighted by Crippen LogP contribution is -2.24. The molecule has 154 valence electrons. The quantitative estimate of drug-likeness (QED) is 0.335. The Kier molecular flexibility index (Phi) is 6.48. The van der Waals surface area contributed by atoms with Crippen LogP contribution in [0, 0.1) is 24.0 Å². The zero-order valence-electron chi connectivity index (χ0n) is 16.2. The van der Waals surface area contributed by atoms with E-state index in [0.717, 1.165) is 11.1 Å². The number of nitro benzene ring substituents is 1. The Morgan fingerprint density at radius 1 is 1.23 bits per heavy atom. The van der Waals surface area contributed by atoms with Crippen molar-refractivity contribution in [2.75, 3.05) is 6.61 Å². The van der Waals surface area contributed by atoms with Crippen molar-refractivity contribution in [3.8, 4) is 17.1 Å². The molecule has 0 atom stereocenters. The predicted octanol–water partition coefficient (Wildman–Crippen LogP) is 4.65. The number of ether oxygens (including phenoxy) is 1. The molecule has 3 rings (SSSR count). The number of carbonyl (C=O) groups is 1. The number of furan rings is 1. The third-order valence-electron chi connectivity index (χ3n) is 4.13. The molecule has 1 N–H and O–H groups in total. The number of rotatable bonds is 7. The van der Waals surface area contributed by atoms with Crippen molar-refractivity contribution in [2.24, 2.45) is 5.10 Å². The molecule has 9 heteroatoms. The monoisotopic (exact) mass is 427 g/mol. The number of nitro groups is 1. The van der Waals surface area contributed by atoms with Crippen LogP contribution in [-0.4, -0.2) is 23.7 Å². The van der Waals surface area contributed by atoms with Crippen LogP contribution >= 0.6 is 11.6 Å². The molecule has 8 nitrogen and oxygen atoms in total. The van der Waals surface area contributed by atoms with Gasteiger partial charge < -0.3 is 9.15 Å². The maximum atomic E-state index is 11.9. The molecular weight excluding hydrogens is 410 g/mol. The topological polar surface area (TPSA) is 107 Å². The number of halogens is 1. The SMILES string of the molecule is Cc1ccc(OCC(=O)NN=Cc2ccc(-c3ccc([N+](=O)[O-])cc3Cl)o2)c(C)c1. The smallest absolute Gasteiger partial charge is 0.277 e. The second kappa shape index (κ2) is 9.23. The Labute approximate surface area is 177 Å². The predicted molar refractivity (Wildman–Crippen MR) is 113 cm³/mol. The molecule has 1 amide bonds. The fraction of sp³-hybridized carbons (Fsp3) is 0.143. The van der Waals surface area contributed by atoms with Crippen LogP contribution in [0.3, 0.4) is 0 Å². The zero-order valence-corrected chi connectivity index (χ0v) is 17.0. The number of hydrogen-bond acceptors (Lipinski definition) is 6. The number of hydrazone groups is 1. The largest absolute Gasteiger partial charge is 0.483 e. The summed E-state index contributed by atoms with van der Waals surface area (Å²) in [6.45, 7) is 3.71. The number of carbonyl (C=O) groups excluding carboxylic acids is 1. The van der Waals surface area contributed by atoms with Crippen LogP contribution in [0.4, 0.5) is 5.69 Å². The van der Waals surface area contributed by atoms with Crippen LogP contribution in [0.1, 0.15) is 16.9 Å². The summed E-state index contributed by atoms with van der Waals surface area (Å²) in [5.74, 6) is 1.00. The van der Waals surface area contributed by atoms with Gasteiger partial charge in [-0.15, -0.1) is 0 Å². The molecule has 2 aromatic carbocycles. The minimum Gasteiger partial charge on any atom is -0.483 e. The molecule has 0 unspecified atom stereocenters. The lowest BCUT2D eigenvalue weighted by Gasteiger charge is -2.08. The van der Waals surface area contributed by atoms with Gasteiger partial charge in [-0.1, -0.05) is 29.3 Å². The molecule has 1 aromatic heterocycles. The first-order valence-corrected chi connectivity index (χ1v) is 9.27. The van der Waals surface area contributed by atoms with E-state index in [0.29, 0.717) is 22.8 Å². The Hall–Kier alpha value is -3.65. The Morgan fingerprint density at radius 2 is 2.03 bits per heavy atom. The summed E-state index contributed by atoms with van der Waals surface area (Å²) in [6.07, 6.45) is 1.33. The van der Waals surface area contributed by atoms with Crippen molar-refractivity contribution < 1.29 is 18.9 Å². The summed E-state index contributed by atoms with van der Waals surface area (Å²) < 4.78 is 11.1. The Balaban J connectivity index is 1.56. The van der Waals surface area contributed by atoms with Crippen molar-refractivity contribution in [1.82, 2.24) is 5.43 Å². The van der Waals surface area contributed by atoms with Gasteiger partial charge in [-0.05, 0) is 43.7 Å². The highest BCUT2D eigenvalue weighted by molar-refractivity contribution is 6.33. The molecule has 0 saturated heterocycles. The van der Waals surface area contributed by atoms with E-state index < -0.39 is 10.8 Å². The molecule has 0 saturated carbocycles. The Morgan fingerprint density at radius 3 is 2.73 bits per heavy atom. The molecular formula is C21H18ClN3O5. The van der Waals surface area contributed by atoms with Gasteiger partial charge in [0.1, 0.15) is 17.3 Å². The van der Waals surface area contributed by atoms with Crippen LogP contribution in [0.5, 0.6) is 5.75 Å². The maximum absolute atomic E-state index is 11.9. The normalized spacial score (nSPS) is 10.9. The summed E-state index contributed by atoms with van der Waals surface area (Å²) >= 11 is 6.10. The van der Waals surface area contributed by atoms with E-state index in [4.69, 9.17) is 20.8 Å². The lowest BCUT2D eigenvalue weighted by atomic mass is 10.1. The molecule has 1 heterocycles.